The summed E-state index contributed by atoms with van der Waals surface area (Å²) in [7, 11) is 1.64. The Hall–Kier alpha value is -2.34. The van der Waals surface area contributed by atoms with E-state index in [0.717, 1.165) is 47.4 Å². The van der Waals surface area contributed by atoms with Crippen LogP contribution >= 0.6 is 11.3 Å². The number of thiazole rings is 1. The molecule has 0 unspecified atom stereocenters. The number of fused-ring (bicyclic) bond motifs is 1. The van der Waals surface area contributed by atoms with Crippen LogP contribution in [-0.4, -0.2) is 18.0 Å². The van der Waals surface area contributed by atoms with Crippen molar-refractivity contribution in [3.05, 3.63) is 42.4 Å². The lowest BCUT2D eigenvalue weighted by Gasteiger charge is -2.27. The maximum absolute atomic E-state index is 13.3. The number of hydrogen-bond acceptors (Lipinski definition) is 5. The number of nitrogens with zero attached hydrogens (tertiary/aromatic N) is 2. The third kappa shape index (κ3) is 3.33. The van der Waals surface area contributed by atoms with Crippen molar-refractivity contribution in [2.24, 2.45) is 5.92 Å². The fourth-order valence-corrected chi connectivity index (χ4v) is 4.55. The van der Waals surface area contributed by atoms with Gasteiger partial charge in [-0.15, -0.1) is 0 Å². The fraction of sp³-hybridized carbons (Fsp3) is 0.400. The average Bonchev–Trinajstić information content (AvgIpc) is 3.35. The first-order valence-corrected chi connectivity index (χ1v) is 9.85. The molecule has 0 aliphatic heterocycles. The smallest absolute Gasteiger partial charge is 0.232 e. The summed E-state index contributed by atoms with van der Waals surface area (Å²) >= 11 is 1.52. The van der Waals surface area contributed by atoms with Crippen LogP contribution in [0.15, 0.2) is 41.0 Å². The summed E-state index contributed by atoms with van der Waals surface area (Å²) < 4.78 is 11.9. The monoisotopic (exact) mass is 370 g/mol. The van der Waals surface area contributed by atoms with E-state index in [0.29, 0.717) is 11.7 Å². The molecule has 4 rings (SSSR count). The number of aromatic nitrogens is 1. The number of para-hydroxylation sites is 1. The zero-order valence-electron chi connectivity index (χ0n) is 14.8. The van der Waals surface area contributed by atoms with E-state index in [-0.39, 0.29) is 11.8 Å². The average molecular weight is 370 g/mol. The van der Waals surface area contributed by atoms with E-state index in [1.165, 1.54) is 17.8 Å². The molecule has 26 heavy (non-hydrogen) atoms. The maximum atomic E-state index is 13.3. The van der Waals surface area contributed by atoms with E-state index in [4.69, 9.17) is 14.1 Å². The third-order valence-electron chi connectivity index (χ3n) is 4.94. The number of carbonyl (C=O) groups is 1. The molecule has 1 fully saturated rings. The van der Waals surface area contributed by atoms with Crippen LogP contribution in [-0.2, 0) is 11.3 Å². The van der Waals surface area contributed by atoms with Crippen molar-refractivity contribution < 1.29 is 13.9 Å². The Bertz CT molecular complexity index is 882. The molecule has 0 N–H and O–H groups in total. The number of anilines is 1. The van der Waals surface area contributed by atoms with Gasteiger partial charge in [-0.05, 0) is 37.1 Å². The van der Waals surface area contributed by atoms with E-state index in [2.05, 4.69) is 0 Å². The van der Waals surface area contributed by atoms with Crippen molar-refractivity contribution in [2.75, 3.05) is 12.0 Å². The standard InChI is InChI=1S/C20H22N2O3S/c1-24-16-10-5-11-17-18(16)21-20(26-17)22(13-15-9-6-12-25-15)19(23)14-7-3-2-4-8-14/h5-6,9-12,14H,2-4,7-8,13H2,1H3. The molecule has 0 radical (unpaired) electrons. The highest BCUT2D eigenvalue weighted by Crippen LogP contribution is 2.36. The van der Waals surface area contributed by atoms with Gasteiger partial charge in [-0.2, -0.15) is 0 Å². The topological polar surface area (TPSA) is 55.6 Å². The van der Waals surface area contributed by atoms with E-state index in [1.807, 2.05) is 30.3 Å². The molecule has 1 aliphatic rings. The van der Waals surface area contributed by atoms with Gasteiger partial charge in [-0.25, -0.2) is 4.98 Å². The molecule has 5 nitrogen and oxygen atoms in total. The Morgan fingerprint density at radius 3 is 2.85 bits per heavy atom. The summed E-state index contributed by atoms with van der Waals surface area (Å²) in [5.41, 5.74) is 0.802. The van der Waals surface area contributed by atoms with E-state index < -0.39 is 0 Å². The highest BCUT2D eigenvalue weighted by Gasteiger charge is 2.29. The van der Waals surface area contributed by atoms with Crippen LogP contribution in [0.3, 0.4) is 0 Å². The second-order valence-electron chi connectivity index (χ2n) is 6.64. The summed E-state index contributed by atoms with van der Waals surface area (Å²) in [5, 5.41) is 0.705. The molecule has 6 heteroatoms. The molecule has 1 aromatic carbocycles. The lowest BCUT2D eigenvalue weighted by atomic mass is 9.88. The normalized spacial score (nSPS) is 15.3. The zero-order chi connectivity index (χ0) is 17.9. The molecule has 0 spiro atoms. The number of ether oxygens (including phenoxy) is 1. The molecule has 1 amide bonds. The summed E-state index contributed by atoms with van der Waals surface area (Å²) in [4.78, 5) is 19.8. The van der Waals surface area contributed by atoms with Gasteiger partial charge in [0.25, 0.3) is 0 Å². The zero-order valence-corrected chi connectivity index (χ0v) is 15.6. The van der Waals surface area contributed by atoms with Crippen LogP contribution in [0.4, 0.5) is 5.13 Å². The van der Waals surface area contributed by atoms with Crippen molar-refractivity contribution in [3.8, 4) is 5.75 Å². The van der Waals surface area contributed by atoms with Gasteiger partial charge in [0, 0.05) is 5.92 Å². The van der Waals surface area contributed by atoms with Crippen LogP contribution in [0.1, 0.15) is 37.9 Å². The summed E-state index contributed by atoms with van der Waals surface area (Å²) in [5.74, 6) is 1.72. The molecule has 0 saturated heterocycles. The minimum Gasteiger partial charge on any atom is -0.494 e. The highest BCUT2D eigenvalue weighted by molar-refractivity contribution is 7.22. The van der Waals surface area contributed by atoms with Gasteiger partial charge in [-0.3, -0.25) is 9.69 Å². The van der Waals surface area contributed by atoms with Gasteiger partial charge in [0.1, 0.15) is 17.0 Å². The minimum atomic E-state index is 0.0765. The molecule has 3 aromatic rings. The Morgan fingerprint density at radius 1 is 1.27 bits per heavy atom. The SMILES string of the molecule is COc1cccc2sc(N(Cc3ccco3)C(=O)C3CCCCC3)nc12. The van der Waals surface area contributed by atoms with Crippen molar-refractivity contribution in [1.29, 1.82) is 0 Å². The van der Waals surface area contributed by atoms with Gasteiger partial charge in [0.05, 0.1) is 24.6 Å². The quantitative estimate of drug-likeness (QED) is 0.633. The molecular formula is C20H22N2O3S. The Kier molecular flexibility index (Phi) is 4.93. The minimum absolute atomic E-state index is 0.0765. The largest absolute Gasteiger partial charge is 0.494 e. The lowest BCUT2D eigenvalue weighted by Crippen LogP contribution is -2.36. The fourth-order valence-electron chi connectivity index (χ4n) is 3.56. The predicted octanol–water partition coefficient (Wildman–Crippen LogP) is 5.01. The Labute approximate surface area is 156 Å². The molecule has 136 valence electrons. The van der Waals surface area contributed by atoms with Crippen LogP contribution in [0.5, 0.6) is 5.75 Å². The Balaban J connectivity index is 1.71. The first kappa shape index (κ1) is 17.1. The summed E-state index contributed by atoms with van der Waals surface area (Å²) in [6.07, 6.45) is 7.03. The van der Waals surface area contributed by atoms with Crippen molar-refractivity contribution in [1.82, 2.24) is 4.98 Å². The van der Waals surface area contributed by atoms with Crippen LogP contribution < -0.4 is 9.64 Å². The van der Waals surface area contributed by atoms with Gasteiger partial charge in [0.15, 0.2) is 5.13 Å². The van der Waals surface area contributed by atoms with E-state index in [1.54, 1.807) is 18.3 Å². The number of rotatable bonds is 5. The number of furan rings is 1. The van der Waals surface area contributed by atoms with Gasteiger partial charge in [0.2, 0.25) is 5.91 Å². The number of methoxy groups -OCH3 is 1. The van der Waals surface area contributed by atoms with Gasteiger partial charge >= 0.3 is 0 Å². The van der Waals surface area contributed by atoms with E-state index in [9.17, 15) is 4.79 Å². The van der Waals surface area contributed by atoms with Crippen molar-refractivity contribution >= 4 is 32.6 Å². The molecule has 0 atom stereocenters. The molecular weight excluding hydrogens is 348 g/mol. The van der Waals surface area contributed by atoms with Crippen LogP contribution in [0.25, 0.3) is 10.2 Å². The molecule has 1 saturated carbocycles. The first-order valence-electron chi connectivity index (χ1n) is 9.03. The first-order chi connectivity index (χ1) is 12.8. The molecule has 1 aliphatic carbocycles. The molecule has 2 aromatic heterocycles. The number of benzene rings is 1. The number of amides is 1. The summed E-state index contributed by atoms with van der Waals surface area (Å²) in [6, 6.07) is 9.60. The van der Waals surface area contributed by atoms with Crippen LogP contribution in [0, 0.1) is 5.92 Å². The highest BCUT2D eigenvalue weighted by atomic mass is 32.1. The number of hydrogen-bond donors (Lipinski definition) is 0. The number of carbonyl (C=O) groups excluding carboxylic acids is 1. The molecule has 2 heterocycles. The van der Waals surface area contributed by atoms with Gasteiger partial charge < -0.3 is 9.15 Å². The van der Waals surface area contributed by atoms with Crippen molar-refractivity contribution in [3.63, 3.8) is 0 Å². The molecule has 0 bridgehead atoms. The second-order valence-corrected chi connectivity index (χ2v) is 7.65. The van der Waals surface area contributed by atoms with E-state index >= 15 is 0 Å². The predicted molar refractivity (Wildman–Crippen MR) is 103 cm³/mol. The Morgan fingerprint density at radius 2 is 2.12 bits per heavy atom. The maximum Gasteiger partial charge on any atom is 0.232 e. The lowest BCUT2D eigenvalue weighted by molar-refractivity contribution is -0.123. The summed E-state index contributed by atoms with van der Waals surface area (Å²) in [6.45, 7) is 0.407. The van der Waals surface area contributed by atoms with Gasteiger partial charge in [-0.1, -0.05) is 36.7 Å². The second kappa shape index (κ2) is 7.50. The third-order valence-corrected chi connectivity index (χ3v) is 5.98. The van der Waals surface area contributed by atoms with Crippen molar-refractivity contribution in [2.45, 2.75) is 38.6 Å². The van der Waals surface area contributed by atoms with Crippen LogP contribution in [0.2, 0.25) is 0 Å².